The van der Waals surface area contributed by atoms with Crippen LogP contribution in [-0.4, -0.2) is 11.0 Å². The van der Waals surface area contributed by atoms with Crippen LogP contribution < -0.4 is 5.73 Å². The third-order valence-corrected chi connectivity index (χ3v) is 3.19. The van der Waals surface area contributed by atoms with Crippen LogP contribution in [0, 0.1) is 0 Å². The summed E-state index contributed by atoms with van der Waals surface area (Å²) in [5.41, 5.74) is 5.38. The van der Waals surface area contributed by atoms with E-state index in [1.54, 1.807) is 6.07 Å². The molecule has 0 saturated heterocycles. The molecule has 0 amide bonds. The molecule has 0 fully saturated rings. The molecule has 12 heavy (non-hydrogen) atoms. The van der Waals surface area contributed by atoms with Gasteiger partial charge in [0.1, 0.15) is 0 Å². The Morgan fingerprint density at radius 1 is 1.83 bits per heavy atom. The van der Waals surface area contributed by atoms with Crippen LogP contribution in [0.5, 0.6) is 0 Å². The minimum Gasteiger partial charge on any atom is -0.409 e. The number of oxime groups is 1. The fourth-order valence-electron chi connectivity index (χ4n) is 0.823. The summed E-state index contributed by atoms with van der Waals surface area (Å²) in [6.45, 7) is 2.01. The SMILES string of the molecule is CCc1sc(/C(N)=N\O)cc1Cl. The molecule has 3 nitrogen and oxygen atoms in total. The summed E-state index contributed by atoms with van der Waals surface area (Å²) in [6, 6.07) is 1.71. The van der Waals surface area contributed by atoms with Crippen LogP contribution in [0.15, 0.2) is 11.2 Å². The summed E-state index contributed by atoms with van der Waals surface area (Å²) < 4.78 is 0. The Kier molecular flexibility index (Phi) is 2.94. The molecule has 0 aliphatic carbocycles. The van der Waals surface area contributed by atoms with Crippen molar-refractivity contribution in [1.82, 2.24) is 0 Å². The van der Waals surface area contributed by atoms with E-state index in [4.69, 9.17) is 22.5 Å². The second-order valence-corrected chi connectivity index (χ2v) is 3.76. The minimum atomic E-state index is 0.113. The van der Waals surface area contributed by atoms with Gasteiger partial charge in [-0.3, -0.25) is 0 Å². The van der Waals surface area contributed by atoms with Crippen molar-refractivity contribution in [3.63, 3.8) is 0 Å². The van der Waals surface area contributed by atoms with Crippen molar-refractivity contribution in [3.05, 3.63) is 20.8 Å². The van der Waals surface area contributed by atoms with Gasteiger partial charge in [-0.05, 0) is 12.5 Å². The summed E-state index contributed by atoms with van der Waals surface area (Å²) in [6.07, 6.45) is 0.863. The summed E-state index contributed by atoms with van der Waals surface area (Å²) >= 11 is 7.31. The van der Waals surface area contributed by atoms with Crippen molar-refractivity contribution in [2.24, 2.45) is 10.9 Å². The average molecular weight is 205 g/mol. The molecule has 3 N–H and O–H groups in total. The normalized spacial score (nSPS) is 12.0. The predicted octanol–water partition coefficient (Wildman–Crippen LogP) is 2.06. The van der Waals surface area contributed by atoms with Gasteiger partial charge in [-0.25, -0.2) is 0 Å². The van der Waals surface area contributed by atoms with Gasteiger partial charge in [-0.1, -0.05) is 23.7 Å². The van der Waals surface area contributed by atoms with Crippen LogP contribution in [0.3, 0.4) is 0 Å². The minimum absolute atomic E-state index is 0.113. The Labute approximate surface area is 79.5 Å². The zero-order valence-electron chi connectivity index (χ0n) is 6.54. The number of hydrogen-bond acceptors (Lipinski definition) is 3. The van der Waals surface area contributed by atoms with Gasteiger partial charge in [0.05, 0.1) is 9.90 Å². The number of amidine groups is 1. The van der Waals surface area contributed by atoms with Crippen LogP contribution in [0.25, 0.3) is 0 Å². The molecule has 0 aliphatic heterocycles. The molecule has 1 aromatic heterocycles. The Balaban J connectivity index is 3.04. The van der Waals surface area contributed by atoms with E-state index in [2.05, 4.69) is 5.16 Å². The third kappa shape index (κ3) is 1.70. The highest BCUT2D eigenvalue weighted by Gasteiger charge is 2.08. The van der Waals surface area contributed by atoms with Gasteiger partial charge in [-0.2, -0.15) is 0 Å². The Bertz CT molecular complexity index is 308. The standard InChI is InChI=1S/C7H9ClN2OS/c1-2-5-4(8)3-6(12-5)7(9)10-11/h3,11H,2H2,1H3,(H2,9,10). The number of rotatable bonds is 2. The second-order valence-electron chi connectivity index (χ2n) is 2.22. The number of nitrogens with two attached hydrogens (primary N) is 1. The van der Waals surface area contributed by atoms with Crippen LogP contribution in [0.1, 0.15) is 16.7 Å². The van der Waals surface area contributed by atoms with Gasteiger partial charge in [-0.15, -0.1) is 11.3 Å². The predicted molar refractivity (Wildman–Crippen MR) is 51.2 cm³/mol. The van der Waals surface area contributed by atoms with Crippen LogP contribution in [-0.2, 0) is 6.42 Å². The Hall–Kier alpha value is -0.740. The fourth-order valence-corrected chi connectivity index (χ4v) is 2.13. The number of hydrogen-bond donors (Lipinski definition) is 2. The molecule has 1 aromatic rings. The molecule has 0 spiro atoms. The van der Waals surface area contributed by atoms with Crippen molar-refractivity contribution in [2.45, 2.75) is 13.3 Å². The van der Waals surface area contributed by atoms with Gasteiger partial charge in [0, 0.05) is 4.88 Å². The molecule has 1 heterocycles. The first-order valence-electron chi connectivity index (χ1n) is 3.45. The van der Waals surface area contributed by atoms with Crippen molar-refractivity contribution in [1.29, 1.82) is 0 Å². The van der Waals surface area contributed by atoms with Crippen LogP contribution >= 0.6 is 22.9 Å². The maximum absolute atomic E-state index is 8.39. The lowest BCUT2D eigenvalue weighted by Crippen LogP contribution is -2.10. The van der Waals surface area contributed by atoms with E-state index in [0.717, 1.165) is 11.3 Å². The molecule has 0 saturated carbocycles. The molecule has 66 valence electrons. The van der Waals surface area contributed by atoms with E-state index in [0.29, 0.717) is 9.90 Å². The summed E-state index contributed by atoms with van der Waals surface area (Å²) in [5.74, 6) is 0.113. The highest BCUT2D eigenvalue weighted by Crippen LogP contribution is 2.26. The van der Waals surface area contributed by atoms with E-state index < -0.39 is 0 Å². The van der Waals surface area contributed by atoms with Crippen LogP contribution in [0.4, 0.5) is 0 Å². The van der Waals surface area contributed by atoms with Crippen molar-refractivity contribution in [3.8, 4) is 0 Å². The molecular formula is C7H9ClN2OS. The van der Waals surface area contributed by atoms with Crippen LogP contribution in [0.2, 0.25) is 5.02 Å². The van der Waals surface area contributed by atoms with Crippen molar-refractivity contribution < 1.29 is 5.21 Å². The molecule has 1 rings (SSSR count). The summed E-state index contributed by atoms with van der Waals surface area (Å²) in [4.78, 5) is 1.76. The first-order valence-corrected chi connectivity index (χ1v) is 4.64. The molecule has 5 heteroatoms. The average Bonchev–Trinajstić information content (AvgIpc) is 2.45. The molecule has 0 aliphatic rings. The van der Waals surface area contributed by atoms with Crippen molar-refractivity contribution >= 4 is 28.8 Å². The lowest BCUT2D eigenvalue weighted by atomic mass is 10.3. The lowest BCUT2D eigenvalue weighted by Gasteiger charge is -1.89. The number of halogens is 1. The first kappa shape index (κ1) is 9.35. The zero-order valence-corrected chi connectivity index (χ0v) is 8.11. The maximum atomic E-state index is 8.39. The smallest absolute Gasteiger partial charge is 0.180 e. The van der Waals surface area contributed by atoms with Gasteiger partial charge >= 0.3 is 0 Å². The van der Waals surface area contributed by atoms with Crippen molar-refractivity contribution in [2.75, 3.05) is 0 Å². The van der Waals surface area contributed by atoms with Gasteiger partial charge in [0.2, 0.25) is 0 Å². The van der Waals surface area contributed by atoms with E-state index in [1.165, 1.54) is 11.3 Å². The Morgan fingerprint density at radius 3 is 2.92 bits per heavy atom. The van der Waals surface area contributed by atoms with E-state index in [1.807, 2.05) is 6.92 Å². The monoisotopic (exact) mass is 204 g/mol. The molecular weight excluding hydrogens is 196 g/mol. The highest BCUT2D eigenvalue weighted by molar-refractivity contribution is 7.14. The quantitative estimate of drug-likeness (QED) is 0.335. The van der Waals surface area contributed by atoms with Gasteiger partial charge in [0.15, 0.2) is 5.84 Å². The number of nitrogens with zero attached hydrogens (tertiary/aromatic N) is 1. The topological polar surface area (TPSA) is 58.6 Å². The lowest BCUT2D eigenvalue weighted by molar-refractivity contribution is 0.319. The fraction of sp³-hybridized carbons (Fsp3) is 0.286. The third-order valence-electron chi connectivity index (χ3n) is 1.44. The second kappa shape index (κ2) is 3.78. The molecule has 0 unspecified atom stereocenters. The number of thiophene rings is 1. The molecule has 0 atom stereocenters. The molecule has 0 bridgehead atoms. The van der Waals surface area contributed by atoms with Gasteiger partial charge in [0.25, 0.3) is 0 Å². The van der Waals surface area contributed by atoms with E-state index in [9.17, 15) is 0 Å². The van der Waals surface area contributed by atoms with E-state index >= 15 is 0 Å². The Morgan fingerprint density at radius 2 is 2.50 bits per heavy atom. The zero-order chi connectivity index (χ0) is 9.14. The van der Waals surface area contributed by atoms with E-state index in [-0.39, 0.29) is 5.84 Å². The molecule has 0 radical (unpaired) electrons. The first-order chi connectivity index (χ1) is 5.69. The van der Waals surface area contributed by atoms with Gasteiger partial charge < -0.3 is 10.9 Å². The largest absolute Gasteiger partial charge is 0.409 e. The molecule has 0 aromatic carbocycles. The maximum Gasteiger partial charge on any atom is 0.180 e. The summed E-state index contributed by atoms with van der Waals surface area (Å²) in [5, 5.41) is 12.0. The summed E-state index contributed by atoms with van der Waals surface area (Å²) in [7, 11) is 0. The highest BCUT2D eigenvalue weighted by atomic mass is 35.5. The number of aryl methyl sites for hydroxylation is 1.